The molecule has 18 heavy (non-hydrogen) atoms. The fraction of sp³-hybridized carbons (Fsp3) is 0.643. The standard InChI is InChI=1S/C14H20BrN3/c15-11-8-17-9-12(16)14(11)18-7-3-5-10-4-1-2-6-13(10)18/h8-10,13H,1-7,16H2. The summed E-state index contributed by atoms with van der Waals surface area (Å²) >= 11 is 3.62. The Morgan fingerprint density at radius 3 is 2.78 bits per heavy atom. The minimum Gasteiger partial charge on any atom is -0.396 e. The summed E-state index contributed by atoms with van der Waals surface area (Å²) in [4.78, 5) is 6.68. The van der Waals surface area contributed by atoms with E-state index >= 15 is 0 Å². The van der Waals surface area contributed by atoms with E-state index in [1.807, 2.05) is 6.20 Å². The van der Waals surface area contributed by atoms with Gasteiger partial charge in [0.15, 0.2) is 0 Å². The van der Waals surface area contributed by atoms with Gasteiger partial charge in [-0.1, -0.05) is 12.8 Å². The van der Waals surface area contributed by atoms with E-state index in [1.165, 1.54) is 44.2 Å². The van der Waals surface area contributed by atoms with Gasteiger partial charge in [-0.3, -0.25) is 4.98 Å². The van der Waals surface area contributed by atoms with Gasteiger partial charge in [-0.25, -0.2) is 0 Å². The van der Waals surface area contributed by atoms with Crippen LogP contribution in [0.1, 0.15) is 38.5 Å². The van der Waals surface area contributed by atoms with Gasteiger partial charge in [-0.2, -0.15) is 0 Å². The quantitative estimate of drug-likeness (QED) is 0.862. The van der Waals surface area contributed by atoms with Crippen LogP contribution < -0.4 is 10.6 Å². The normalized spacial score (nSPS) is 27.9. The van der Waals surface area contributed by atoms with E-state index in [-0.39, 0.29) is 0 Å². The number of nitrogens with two attached hydrogens (primary N) is 1. The molecule has 4 heteroatoms. The highest BCUT2D eigenvalue weighted by Crippen LogP contribution is 2.41. The molecule has 1 saturated carbocycles. The van der Waals surface area contributed by atoms with Crippen molar-refractivity contribution in [3.63, 3.8) is 0 Å². The van der Waals surface area contributed by atoms with Crippen LogP contribution in [0.25, 0.3) is 0 Å². The third-order valence-electron chi connectivity index (χ3n) is 4.43. The first-order valence-electron chi connectivity index (χ1n) is 6.93. The number of nitrogens with zero attached hydrogens (tertiary/aromatic N) is 2. The topological polar surface area (TPSA) is 42.1 Å². The number of pyridine rings is 1. The van der Waals surface area contributed by atoms with Gasteiger partial charge >= 0.3 is 0 Å². The molecule has 0 radical (unpaired) electrons. The second kappa shape index (κ2) is 5.08. The van der Waals surface area contributed by atoms with Crippen LogP contribution >= 0.6 is 15.9 Å². The van der Waals surface area contributed by atoms with E-state index in [2.05, 4.69) is 25.8 Å². The molecule has 1 aromatic heterocycles. The molecule has 0 amide bonds. The van der Waals surface area contributed by atoms with E-state index in [1.54, 1.807) is 6.20 Å². The second-order valence-corrected chi connectivity index (χ2v) is 6.36. The van der Waals surface area contributed by atoms with E-state index in [4.69, 9.17) is 5.73 Å². The smallest absolute Gasteiger partial charge is 0.0778 e. The zero-order chi connectivity index (χ0) is 12.5. The van der Waals surface area contributed by atoms with Crippen LogP contribution in [-0.2, 0) is 0 Å². The highest BCUT2D eigenvalue weighted by atomic mass is 79.9. The second-order valence-electron chi connectivity index (χ2n) is 5.51. The van der Waals surface area contributed by atoms with Gasteiger partial charge in [0.05, 0.1) is 22.0 Å². The van der Waals surface area contributed by atoms with Gasteiger partial charge in [-0.15, -0.1) is 0 Å². The molecule has 0 spiro atoms. The molecule has 3 rings (SSSR count). The Kier molecular flexibility index (Phi) is 3.46. The lowest BCUT2D eigenvalue weighted by Crippen LogP contribution is -2.47. The molecule has 2 unspecified atom stereocenters. The Morgan fingerprint density at radius 1 is 1.17 bits per heavy atom. The maximum Gasteiger partial charge on any atom is 0.0778 e. The molecule has 1 aliphatic carbocycles. The van der Waals surface area contributed by atoms with Crippen molar-refractivity contribution in [3.8, 4) is 0 Å². The van der Waals surface area contributed by atoms with Crippen molar-refractivity contribution in [1.82, 2.24) is 4.98 Å². The average molecular weight is 310 g/mol. The number of rotatable bonds is 1. The fourth-order valence-corrected chi connectivity index (χ4v) is 4.22. The molecular formula is C14H20BrN3. The van der Waals surface area contributed by atoms with Crippen molar-refractivity contribution in [1.29, 1.82) is 0 Å². The zero-order valence-corrected chi connectivity index (χ0v) is 12.2. The highest BCUT2D eigenvalue weighted by Gasteiger charge is 2.34. The first-order chi connectivity index (χ1) is 8.77. The van der Waals surface area contributed by atoms with E-state index in [0.717, 1.165) is 22.6 Å². The Labute approximate surface area is 117 Å². The van der Waals surface area contributed by atoms with Gasteiger partial charge < -0.3 is 10.6 Å². The van der Waals surface area contributed by atoms with Crippen molar-refractivity contribution >= 4 is 27.3 Å². The predicted molar refractivity (Wildman–Crippen MR) is 78.7 cm³/mol. The van der Waals surface area contributed by atoms with Gasteiger partial charge in [0.2, 0.25) is 0 Å². The van der Waals surface area contributed by atoms with Crippen LogP contribution in [-0.4, -0.2) is 17.6 Å². The van der Waals surface area contributed by atoms with Crippen molar-refractivity contribution in [2.75, 3.05) is 17.2 Å². The summed E-state index contributed by atoms with van der Waals surface area (Å²) in [5.74, 6) is 0.868. The summed E-state index contributed by atoms with van der Waals surface area (Å²) in [6.45, 7) is 1.13. The molecule has 0 aromatic carbocycles. The highest BCUT2D eigenvalue weighted by molar-refractivity contribution is 9.10. The minimum atomic E-state index is 0.688. The number of piperidine rings is 1. The van der Waals surface area contributed by atoms with Crippen molar-refractivity contribution in [2.24, 2.45) is 5.92 Å². The van der Waals surface area contributed by atoms with Crippen molar-refractivity contribution in [3.05, 3.63) is 16.9 Å². The third kappa shape index (κ3) is 2.11. The van der Waals surface area contributed by atoms with Gasteiger partial charge in [-0.05, 0) is 47.5 Å². The molecule has 1 aliphatic heterocycles. The fourth-order valence-electron chi connectivity index (χ4n) is 3.65. The average Bonchev–Trinajstić information content (AvgIpc) is 2.39. The molecular weight excluding hydrogens is 290 g/mol. The first kappa shape index (κ1) is 12.3. The number of anilines is 2. The number of halogens is 1. The maximum atomic E-state index is 6.14. The summed E-state index contributed by atoms with van der Waals surface area (Å²) in [7, 11) is 0. The number of fused-ring (bicyclic) bond motifs is 1. The van der Waals surface area contributed by atoms with Crippen LogP contribution in [0.3, 0.4) is 0 Å². The summed E-state index contributed by atoms with van der Waals surface area (Å²) in [6, 6.07) is 0.688. The van der Waals surface area contributed by atoms with Gasteiger partial charge in [0.1, 0.15) is 0 Å². The molecule has 3 nitrogen and oxygen atoms in total. The monoisotopic (exact) mass is 309 g/mol. The minimum absolute atomic E-state index is 0.688. The van der Waals surface area contributed by atoms with E-state index < -0.39 is 0 Å². The van der Waals surface area contributed by atoms with Crippen LogP contribution in [0, 0.1) is 5.92 Å². The number of hydrogen-bond donors (Lipinski definition) is 1. The Bertz CT molecular complexity index is 413. The molecule has 2 fully saturated rings. The molecule has 98 valence electrons. The van der Waals surface area contributed by atoms with Gasteiger partial charge in [0, 0.05) is 18.8 Å². The first-order valence-corrected chi connectivity index (χ1v) is 7.72. The lowest BCUT2D eigenvalue weighted by molar-refractivity contribution is 0.244. The molecule has 2 heterocycles. The largest absolute Gasteiger partial charge is 0.396 e. The SMILES string of the molecule is Nc1cncc(Br)c1N1CCCC2CCCCC21. The molecule has 1 saturated heterocycles. The molecule has 0 bridgehead atoms. The molecule has 2 N–H and O–H groups in total. The third-order valence-corrected chi connectivity index (χ3v) is 5.01. The predicted octanol–water partition coefficient (Wildman–Crippen LogP) is 3.59. The van der Waals surface area contributed by atoms with Crippen LogP contribution in [0.15, 0.2) is 16.9 Å². The van der Waals surface area contributed by atoms with Crippen LogP contribution in [0.5, 0.6) is 0 Å². The number of hydrogen-bond acceptors (Lipinski definition) is 3. The lowest BCUT2D eigenvalue weighted by atomic mass is 9.78. The molecule has 2 aliphatic rings. The van der Waals surface area contributed by atoms with Crippen LogP contribution in [0.4, 0.5) is 11.4 Å². The lowest BCUT2D eigenvalue weighted by Gasteiger charge is -2.46. The zero-order valence-electron chi connectivity index (χ0n) is 10.6. The maximum absolute atomic E-state index is 6.14. The summed E-state index contributed by atoms with van der Waals surface area (Å²) in [5.41, 5.74) is 8.11. The van der Waals surface area contributed by atoms with E-state index in [9.17, 15) is 0 Å². The van der Waals surface area contributed by atoms with Gasteiger partial charge in [0.25, 0.3) is 0 Å². The van der Waals surface area contributed by atoms with E-state index in [0.29, 0.717) is 6.04 Å². The Balaban J connectivity index is 1.94. The Hall–Kier alpha value is -0.770. The van der Waals surface area contributed by atoms with Crippen molar-refractivity contribution in [2.45, 2.75) is 44.6 Å². The molecule has 2 atom stereocenters. The number of nitrogen functional groups attached to an aromatic ring is 1. The number of aromatic nitrogens is 1. The molecule has 1 aromatic rings. The summed E-state index contributed by atoms with van der Waals surface area (Å²) in [6.07, 6.45) is 11.8. The van der Waals surface area contributed by atoms with Crippen molar-refractivity contribution < 1.29 is 0 Å². The Morgan fingerprint density at radius 2 is 1.94 bits per heavy atom. The summed E-state index contributed by atoms with van der Waals surface area (Å²) < 4.78 is 1.04. The van der Waals surface area contributed by atoms with Crippen LogP contribution in [0.2, 0.25) is 0 Å². The summed E-state index contributed by atoms with van der Waals surface area (Å²) in [5, 5.41) is 0.